The van der Waals surface area contributed by atoms with Crippen molar-refractivity contribution in [2.45, 2.75) is 43.9 Å². The second-order valence-electron chi connectivity index (χ2n) is 10.1. The van der Waals surface area contributed by atoms with Crippen LogP contribution in [0.3, 0.4) is 0 Å². The van der Waals surface area contributed by atoms with Gasteiger partial charge >= 0.3 is 5.97 Å². The predicted octanol–water partition coefficient (Wildman–Crippen LogP) is 6.68. The minimum absolute atomic E-state index is 0.319. The standard InChI is InChI=1S/C28H28O3/c1-31-25-5-3-2-4-23(25)26-22-9-7-21(13-20(22)6-8-24(26)27(29)30)28-14-17-10-18(15-28)12-19(11-17)16-28/h2-9,13,17-19H,10-12,14-16H2,1H3,(H,29,30). The van der Waals surface area contributed by atoms with Crippen LogP contribution in [-0.4, -0.2) is 18.2 Å². The SMILES string of the molecule is COc1ccccc1-c1c(C(=O)O)ccc2cc(C34CC5CC(CC(C5)C3)C4)ccc12. The fraction of sp³-hybridized carbons (Fsp3) is 0.393. The third-order valence-electron chi connectivity index (χ3n) is 8.28. The van der Waals surface area contributed by atoms with Gasteiger partial charge in [-0.3, -0.25) is 0 Å². The molecule has 0 atom stereocenters. The molecule has 0 aromatic heterocycles. The number of ether oxygens (including phenoxy) is 1. The Kier molecular flexibility index (Phi) is 4.18. The Morgan fingerprint density at radius 1 is 0.935 bits per heavy atom. The summed E-state index contributed by atoms with van der Waals surface area (Å²) in [7, 11) is 1.63. The summed E-state index contributed by atoms with van der Waals surface area (Å²) in [6.07, 6.45) is 8.30. The van der Waals surface area contributed by atoms with Crippen LogP contribution < -0.4 is 4.74 Å². The van der Waals surface area contributed by atoms with Gasteiger partial charge in [-0.1, -0.05) is 42.5 Å². The zero-order chi connectivity index (χ0) is 21.2. The van der Waals surface area contributed by atoms with Gasteiger partial charge in [0.05, 0.1) is 12.7 Å². The Morgan fingerprint density at radius 3 is 2.26 bits per heavy atom. The van der Waals surface area contributed by atoms with Gasteiger partial charge in [-0.15, -0.1) is 0 Å². The van der Waals surface area contributed by atoms with Crippen molar-refractivity contribution in [3.05, 3.63) is 65.7 Å². The van der Waals surface area contributed by atoms with Crippen LogP contribution in [0.1, 0.15) is 54.4 Å². The van der Waals surface area contributed by atoms with E-state index in [1.807, 2.05) is 30.3 Å². The van der Waals surface area contributed by atoms with E-state index in [-0.39, 0.29) is 0 Å². The van der Waals surface area contributed by atoms with Gasteiger partial charge in [-0.25, -0.2) is 4.79 Å². The van der Waals surface area contributed by atoms with Crippen LogP contribution in [0.4, 0.5) is 0 Å². The van der Waals surface area contributed by atoms with Crippen LogP contribution in [-0.2, 0) is 5.41 Å². The van der Waals surface area contributed by atoms with Crippen molar-refractivity contribution in [1.29, 1.82) is 0 Å². The largest absolute Gasteiger partial charge is 0.496 e. The first kappa shape index (κ1) is 18.9. The maximum absolute atomic E-state index is 12.1. The van der Waals surface area contributed by atoms with E-state index in [1.54, 1.807) is 13.2 Å². The minimum Gasteiger partial charge on any atom is -0.496 e. The van der Waals surface area contributed by atoms with E-state index in [9.17, 15) is 9.90 Å². The zero-order valence-corrected chi connectivity index (χ0v) is 17.9. The summed E-state index contributed by atoms with van der Waals surface area (Å²) < 4.78 is 5.58. The number of fused-ring (bicyclic) bond motifs is 1. The highest BCUT2D eigenvalue weighted by atomic mass is 16.5. The third kappa shape index (κ3) is 2.90. The number of hydrogen-bond donors (Lipinski definition) is 1. The Balaban J connectivity index is 1.53. The monoisotopic (exact) mass is 412 g/mol. The van der Waals surface area contributed by atoms with Gasteiger partial charge in [0.15, 0.2) is 0 Å². The first-order valence-corrected chi connectivity index (χ1v) is 11.5. The van der Waals surface area contributed by atoms with Crippen molar-refractivity contribution in [2.75, 3.05) is 7.11 Å². The molecule has 3 aromatic carbocycles. The molecule has 0 amide bonds. The van der Waals surface area contributed by atoms with Crippen LogP contribution in [0.2, 0.25) is 0 Å². The van der Waals surface area contributed by atoms with Gasteiger partial charge in [0.1, 0.15) is 5.75 Å². The van der Waals surface area contributed by atoms with E-state index in [2.05, 4.69) is 18.2 Å². The summed E-state index contributed by atoms with van der Waals surface area (Å²) in [4.78, 5) is 12.1. The number of aromatic carboxylic acids is 1. The van der Waals surface area contributed by atoms with E-state index in [0.717, 1.165) is 39.7 Å². The first-order chi connectivity index (χ1) is 15.1. The van der Waals surface area contributed by atoms with Crippen LogP contribution in [0.5, 0.6) is 5.75 Å². The molecule has 4 fully saturated rings. The fourth-order valence-corrected chi connectivity index (χ4v) is 7.44. The molecule has 0 aliphatic heterocycles. The van der Waals surface area contributed by atoms with Crippen molar-refractivity contribution < 1.29 is 14.6 Å². The van der Waals surface area contributed by atoms with Gasteiger partial charge in [0, 0.05) is 11.1 Å². The van der Waals surface area contributed by atoms with Gasteiger partial charge in [-0.05, 0) is 90.2 Å². The second kappa shape index (κ2) is 6.85. The summed E-state index contributed by atoms with van der Waals surface area (Å²) in [6, 6.07) is 18.3. The number of rotatable bonds is 4. The molecule has 0 unspecified atom stereocenters. The maximum Gasteiger partial charge on any atom is 0.336 e. The van der Waals surface area contributed by atoms with E-state index in [0.29, 0.717) is 16.7 Å². The van der Waals surface area contributed by atoms with E-state index < -0.39 is 5.97 Å². The van der Waals surface area contributed by atoms with Gasteiger partial charge in [-0.2, -0.15) is 0 Å². The Bertz CT molecular complexity index is 1160. The molecular formula is C28H28O3. The molecule has 4 aliphatic rings. The molecule has 0 heterocycles. The van der Waals surface area contributed by atoms with Crippen LogP contribution in [0.25, 0.3) is 21.9 Å². The van der Waals surface area contributed by atoms with Gasteiger partial charge < -0.3 is 9.84 Å². The summed E-state index contributed by atoms with van der Waals surface area (Å²) in [5.41, 5.74) is 3.70. The number of para-hydroxylation sites is 1. The van der Waals surface area contributed by atoms with Crippen molar-refractivity contribution in [1.82, 2.24) is 0 Å². The third-order valence-corrected chi connectivity index (χ3v) is 8.28. The highest BCUT2D eigenvalue weighted by molar-refractivity contribution is 6.08. The maximum atomic E-state index is 12.1. The average molecular weight is 413 g/mol. The Morgan fingerprint density at radius 2 is 1.61 bits per heavy atom. The molecule has 4 aliphatic carbocycles. The topological polar surface area (TPSA) is 46.5 Å². The molecule has 4 saturated carbocycles. The Labute approximate surface area is 183 Å². The highest BCUT2D eigenvalue weighted by Crippen LogP contribution is 2.61. The molecule has 0 spiro atoms. The quantitative estimate of drug-likeness (QED) is 0.520. The van der Waals surface area contributed by atoms with Crippen molar-refractivity contribution in [3.8, 4) is 16.9 Å². The molecule has 7 rings (SSSR count). The van der Waals surface area contributed by atoms with Crippen LogP contribution in [0, 0.1) is 17.8 Å². The summed E-state index contributed by atoms with van der Waals surface area (Å²) in [6.45, 7) is 0. The van der Waals surface area contributed by atoms with E-state index in [4.69, 9.17) is 4.74 Å². The minimum atomic E-state index is -0.909. The smallest absolute Gasteiger partial charge is 0.336 e. The molecule has 3 aromatic rings. The number of methoxy groups -OCH3 is 1. The number of carbonyl (C=O) groups is 1. The summed E-state index contributed by atoms with van der Waals surface area (Å²) in [5.74, 6) is 2.50. The molecule has 0 saturated heterocycles. The molecular weight excluding hydrogens is 384 g/mol. The lowest BCUT2D eigenvalue weighted by molar-refractivity contribution is -0.00513. The molecule has 4 bridgehead atoms. The summed E-state index contributed by atoms with van der Waals surface area (Å²) >= 11 is 0. The fourth-order valence-electron chi connectivity index (χ4n) is 7.44. The van der Waals surface area contributed by atoms with Crippen molar-refractivity contribution in [2.24, 2.45) is 17.8 Å². The predicted molar refractivity (Wildman–Crippen MR) is 123 cm³/mol. The molecule has 31 heavy (non-hydrogen) atoms. The van der Waals surface area contributed by atoms with Crippen LogP contribution >= 0.6 is 0 Å². The molecule has 0 radical (unpaired) electrons. The first-order valence-electron chi connectivity index (χ1n) is 11.5. The van der Waals surface area contributed by atoms with Crippen LogP contribution in [0.15, 0.2) is 54.6 Å². The van der Waals surface area contributed by atoms with Crippen molar-refractivity contribution >= 4 is 16.7 Å². The zero-order valence-electron chi connectivity index (χ0n) is 17.9. The molecule has 158 valence electrons. The Hall–Kier alpha value is -2.81. The van der Waals surface area contributed by atoms with Gasteiger partial charge in [0.25, 0.3) is 0 Å². The molecule has 3 heteroatoms. The number of hydrogen-bond acceptors (Lipinski definition) is 2. The van der Waals surface area contributed by atoms with E-state index >= 15 is 0 Å². The van der Waals surface area contributed by atoms with Gasteiger partial charge in [0.2, 0.25) is 0 Å². The summed E-state index contributed by atoms with van der Waals surface area (Å²) in [5, 5.41) is 12.0. The number of benzene rings is 3. The normalized spacial score (nSPS) is 28.7. The molecule has 1 N–H and O–H groups in total. The lowest BCUT2D eigenvalue weighted by Gasteiger charge is -2.57. The van der Waals surface area contributed by atoms with Crippen molar-refractivity contribution in [3.63, 3.8) is 0 Å². The average Bonchev–Trinajstić information content (AvgIpc) is 2.77. The molecule has 3 nitrogen and oxygen atoms in total. The number of carboxylic acids is 1. The number of carboxylic acid groups (broad SMARTS) is 1. The second-order valence-corrected chi connectivity index (χ2v) is 10.1. The lowest BCUT2D eigenvalue weighted by Crippen LogP contribution is -2.48. The lowest BCUT2D eigenvalue weighted by atomic mass is 9.48. The van der Waals surface area contributed by atoms with E-state index in [1.165, 1.54) is 44.1 Å². The highest BCUT2D eigenvalue weighted by Gasteiger charge is 2.51.